The summed E-state index contributed by atoms with van der Waals surface area (Å²) in [6, 6.07) is 0. The minimum atomic E-state index is -0.0953. The molecule has 0 bridgehead atoms. The van der Waals surface area contributed by atoms with Crippen LogP contribution in [-0.4, -0.2) is 33.4 Å². The van der Waals surface area contributed by atoms with Gasteiger partial charge in [-0.2, -0.15) is 0 Å². The van der Waals surface area contributed by atoms with Crippen LogP contribution in [0.15, 0.2) is 5.11 Å². The van der Waals surface area contributed by atoms with Crippen LogP contribution in [0.1, 0.15) is 27.7 Å². The van der Waals surface area contributed by atoms with Gasteiger partial charge in [0, 0.05) is 23.4 Å². The highest BCUT2D eigenvalue weighted by molar-refractivity contribution is 4.74. The van der Waals surface area contributed by atoms with Crippen LogP contribution in [0, 0.1) is 10.8 Å². The largest absolute Gasteiger partial charge is 0.380 e. The molecule has 0 fully saturated rings. The normalized spacial score (nSPS) is 12.3. The topological polar surface area (TPSA) is 70.0 Å². The van der Waals surface area contributed by atoms with Crippen molar-refractivity contribution in [1.29, 1.82) is 0 Å². The molecule has 0 aromatic heterocycles. The van der Waals surface area contributed by atoms with Crippen LogP contribution in [0.25, 0.3) is 10.4 Å². The molecule has 0 atom stereocenters. The van der Waals surface area contributed by atoms with E-state index in [9.17, 15) is 0 Å². The van der Waals surface area contributed by atoms with Crippen molar-refractivity contribution in [1.82, 2.24) is 5.32 Å². The standard InChI is InChI=1S/C11H24N4O/c1-10(2,6-13-5)8-16-9-11(3,4)7-14-15-12/h13H,6-9H2,1-5H3. The Kier molecular flexibility index (Phi) is 6.41. The molecule has 1 N–H and O–H groups in total. The van der Waals surface area contributed by atoms with Crippen molar-refractivity contribution in [3.05, 3.63) is 10.4 Å². The van der Waals surface area contributed by atoms with E-state index in [-0.39, 0.29) is 10.8 Å². The fourth-order valence-corrected chi connectivity index (χ4v) is 1.40. The van der Waals surface area contributed by atoms with Crippen molar-refractivity contribution in [2.75, 3.05) is 33.4 Å². The van der Waals surface area contributed by atoms with Crippen LogP contribution in [0.3, 0.4) is 0 Å². The van der Waals surface area contributed by atoms with Gasteiger partial charge in [-0.05, 0) is 18.0 Å². The zero-order valence-corrected chi connectivity index (χ0v) is 11.1. The maximum absolute atomic E-state index is 8.26. The summed E-state index contributed by atoms with van der Waals surface area (Å²) in [6.45, 7) is 11.1. The summed E-state index contributed by atoms with van der Waals surface area (Å²) in [5.74, 6) is 0. The van der Waals surface area contributed by atoms with Crippen LogP contribution in [0.5, 0.6) is 0 Å². The first-order chi connectivity index (χ1) is 7.33. The van der Waals surface area contributed by atoms with Crippen molar-refractivity contribution in [3.63, 3.8) is 0 Å². The molecule has 5 nitrogen and oxygen atoms in total. The van der Waals surface area contributed by atoms with Gasteiger partial charge in [0.1, 0.15) is 0 Å². The predicted molar refractivity (Wildman–Crippen MR) is 66.3 cm³/mol. The lowest BCUT2D eigenvalue weighted by Gasteiger charge is -2.28. The van der Waals surface area contributed by atoms with Crippen LogP contribution < -0.4 is 5.32 Å². The molecule has 5 heteroatoms. The van der Waals surface area contributed by atoms with Crippen LogP contribution >= 0.6 is 0 Å². The lowest BCUT2D eigenvalue weighted by molar-refractivity contribution is 0.0189. The molecule has 0 aliphatic heterocycles. The summed E-state index contributed by atoms with van der Waals surface area (Å²) in [5, 5.41) is 6.73. The third-order valence-electron chi connectivity index (χ3n) is 2.20. The molecule has 0 amide bonds. The fraction of sp³-hybridized carbons (Fsp3) is 1.00. The Balaban J connectivity index is 3.92. The Hall–Kier alpha value is -0.770. The first-order valence-corrected chi connectivity index (χ1v) is 5.56. The lowest BCUT2D eigenvalue weighted by atomic mass is 9.93. The highest BCUT2D eigenvalue weighted by atomic mass is 16.5. The van der Waals surface area contributed by atoms with Crippen molar-refractivity contribution in [2.24, 2.45) is 15.9 Å². The molecule has 0 radical (unpaired) electrons. The van der Waals surface area contributed by atoms with E-state index in [0.29, 0.717) is 19.8 Å². The van der Waals surface area contributed by atoms with Crippen molar-refractivity contribution in [2.45, 2.75) is 27.7 Å². The molecular formula is C11H24N4O. The number of nitrogens with one attached hydrogen (secondary N) is 1. The zero-order chi connectivity index (χ0) is 12.7. The van der Waals surface area contributed by atoms with Gasteiger partial charge in [-0.3, -0.25) is 0 Å². The third kappa shape index (κ3) is 7.51. The second-order valence-electron chi connectivity index (χ2n) is 5.74. The molecular weight excluding hydrogens is 204 g/mol. The minimum absolute atomic E-state index is 0.0953. The summed E-state index contributed by atoms with van der Waals surface area (Å²) < 4.78 is 5.69. The molecule has 0 aromatic rings. The fourth-order valence-electron chi connectivity index (χ4n) is 1.40. The van der Waals surface area contributed by atoms with E-state index < -0.39 is 0 Å². The average molecular weight is 228 g/mol. The third-order valence-corrected chi connectivity index (χ3v) is 2.20. The van der Waals surface area contributed by atoms with E-state index in [0.717, 1.165) is 6.54 Å². The number of hydrogen-bond donors (Lipinski definition) is 1. The van der Waals surface area contributed by atoms with Crippen molar-refractivity contribution >= 4 is 0 Å². The summed E-state index contributed by atoms with van der Waals surface area (Å²) in [6.07, 6.45) is 0. The molecule has 0 aliphatic carbocycles. The van der Waals surface area contributed by atoms with Crippen LogP contribution in [-0.2, 0) is 4.74 Å². The van der Waals surface area contributed by atoms with Gasteiger partial charge in [-0.25, -0.2) is 0 Å². The molecule has 0 unspecified atom stereocenters. The Morgan fingerprint density at radius 2 is 1.75 bits per heavy atom. The van der Waals surface area contributed by atoms with Gasteiger partial charge in [-0.15, -0.1) is 0 Å². The van der Waals surface area contributed by atoms with E-state index in [1.54, 1.807) is 0 Å². The molecule has 94 valence electrons. The monoisotopic (exact) mass is 228 g/mol. The molecule has 0 aliphatic rings. The molecule has 0 heterocycles. The van der Waals surface area contributed by atoms with Gasteiger partial charge < -0.3 is 10.1 Å². The van der Waals surface area contributed by atoms with E-state index in [1.807, 2.05) is 20.9 Å². The van der Waals surface area contributed by atoms with E-state index >= 15 is 0 Å². The Labute approximate surface area is 98.2 Å². The number of nitrogens with zero attached hydrogens (tertiary/aromatic N) is 3. The number of azide groups is 1. The van der Waals surface area contributed by atoms with E-state index in [2.05, 4.69) is 29.2 Å². The van der Waals surface area contributed by atoms with E-state index in [1.165, 1.54) is 0 Å². The smallest absolute Gasteiger partial charge is 0.0529 e. The number of hydrogen-bond acceptors (Lipinski definition) is 3. The van der Waals surface area contributed by atoms with Crippen molar-refractivity contribution in [3.8, 4) is 0 Å². The highest BCUT2D eigenvalue weighted by Gasteiger charge is 2.21. The molecule has 0 rings (SSSR count). The first kappa shape index (κ1) is 15.2. The number of ether oxygens (including phenoxy) is 1. The SMILES string of the molecule is CNCC(C)(C)COCC(C)(C)CN=[N+]=[N-]. The van der Waals surface area contributed by atoms with E-state index in [4.69, 9.17) is 10.3 Å². The summed E-state index contributed by atoms with van der Waals surface area (Å²) in [5.41, 5.74) is 8.30. The quantitative estimate of drug-likeness (QED) is 0.394. The van der Waals surface area contributed by atoms with Crippen molar-refractivity contribution < 1.29 is 4.74 Å². The second-order valence-corrected chi connectivity index (χ2v) is 5.74. The molecule has 0 saturated carbocycles. The van der Waals surface area contributed by atoms with Gasteiger partial charge in [0.05, 0.1) is 13.2 Å². The summed E-state index contributed by atoms with van der Waals surface area (Å²) in [7, 11) is 1.94. The average Bonchev–Trinajstić information content (AvgIpc) is 2.14. The maximum Gasteiger partial charge on any atom is 0.0529 e. The minimum Gasteiger partial charge on any atom is -0.380 e. The Morgan fingerprint density at radius 1 is 1.19 bits per heavy atom. The molecule has 16 heavy (non-hydrogen) atoms. The Bertz CT molecular complexity index is 244. The Morgan fingerprint density at radius 3 is 2.25 bits per heavy atom. The van der Waals surface area contributed by atoms with Gasteiger partial charge >= 0.3 is 0 Å². The zero-order valence-electron chi connectivity index (χ0n) is 11.1. The van der Waals surface area contributed by atoms with Crippen LogP contribution in [0.4, 0.5) is 0 Å². The molecule has 0 spiro atoms. The lowest BCUT2D eigenvalue weighted by Crippen LogP contribution is -2.33. The van der Waals surface area contributed by atoms with Gasteiger partial charge in [0.25, 0.3) is 0 Å². The highest BCUT2D eigenvalue weighted by Crippen LogP contribution is 2.19. The second kappa shape index (κ2) is 6.74. The summed E-state index contributed by atoms with van der Waals surface area (Å²) >= 11 is 0. The van der Waals surface area contributed by atoms with Gasteiger partial charge in [0.2, 0.25) is 0 Å². The maximum atomic E-state index is 8.26. The molecule has 0 saturated heterocycles. The van der Waals surface area contributed by atoms with Crippen LogP contribution in [0.2, 0.25) is 0 Å². The first-order valence-electron chi connectivity index (χ1n) is 5.56. The van der Waals surface area contributed by atoms with Gasteiger partial charge in [-0.1, -0.05) is 32.8 Å². The molecule has 0 aromatic carbocycles. The predicted octanol–water partition coefficient (Wildman–Crippen LogP) is 2.59. The summed E-state index contributed by atoms with van der Waals surface area (Å²) in [4.78, 5) is 2.77. The number of rotatable bonds is 8. The van der Waals surface area contributed by atoms with Gasteiger partial charge in [0.15, 0.2) is 0 Å².